The second-order valence-corrected chi connectivity index (χ2v) is 10.2. The Morgan fingerprint density at radius 1 is 1.08 bits per heavy atom. The zero-order valence-electron chi connectivity index (χ0n) is 21.0. The van der Waals surface area contributed by atoms with Gasteiger partial charge in [0.2, 0.25) is 5.95 Å². The van der Waals surface area contributed by atoms with Crippen LogP contribution in [0.1, 0.15) is 34.7 Å². The van der Waals surface area contributed by atoms with Crippen molar-refractivity contribution in [3.63, 3.8) is 0 Å². The van der Waals surface area contributed by atoms with Crippen LogP contribution in [0.5, 0.6) is 5.75 Å². The Kier molecular flexibility index (Phi) is 5.80. The number of halogens is 2. The Balaban J connectivity index is 1.34. The third-order valence-corrected chi connectivity index (χ3v) is 7.91. The molecule has 196 valence electrons. The Bertz CT molecular complexity index is 1660. The maximum absolute atomic E-state index is 14.8. The number of ether oxygens (including phenoxy) is 2. The van der Waals surface area contributed by atoms with Gasteiger partial charge in [0, 0.05) is 36.3 Å². The van der Waals surface area contributed by atoms with Crippen LogP contribution in [0.3, 0.4) is 0 Å². The maximum atomic E-state index is 14.8. The van der Waals surface area contributed by atoms with Crippen LogP contribution in [0.2, 0.25) is 0 Å². The van der Waals surface area contributed by atoms with Crippen molar-refractivity contribution >= 4 is 28.6 Å². The molecule has 2 saturated heterocycles. The van der Waals surface area contributed by atoms with E-state index in [2.05, 4.69) is 14.8 Å². The van der Waals surface area contributed by atoms with E-state index in [1.165, 1.54) is 18.2 Å². The first-order chi connectivity index (χ1) is 19.1. The van der Waals surface area contributed by atoms with Crippen LogP contribution >= 0.6 is 0 Å². The third-order valence-electron chi connectivity index (χ3n) is 7.91. The highest BCUT2D eigenvalue weighted by molar-refractivity contribution is 5.96. The number of imidazole rings is 1. The van der Waals surface area contributed by atoms with Gasteiger partial charge in [0.25, 0.3) is 0 Å². The van der Waals surface area contributed by atoms with Crippen molar-refractivity contribution in [1.29, 1.82) is 5.26 Å². The molecule has 0 bridgehead atoms. The van der Waals surface area contributed by atoms with Gasteiger partial charge >= 0.3 is 0 Å². The lowest BCUT2D eigenvalue weighted by atomic mass is 9.92. The van der Waals surface area contributed by atoms with E-state index < -0.39 is 5.82 Å². The van der Waals surface area contributed by atoms with Crippen LogP contribution in [0.4, 0.5) is 14.7 Å². The summed E-state index contributed by atoms with van der Waals surface area (Å²) in [5.41, 5.74) is 5.05. The van der Waals surface area contributed by atoms with E-state index in [-0.39, 0.29) is 18.5 Å². The molecule has 7 rings (SSSR count). The van der Waals surface area contributed by atoms with E-state index in [0.717, 1.165) is 54.9 Å². The molecule has 3 aromatic carbocycles. The highest BCUT2D eigenvalue weighted by Crippen LogP contribution is 2.40. The van der Waals surface area contributed by atoms with Gasteiger partial charge in [-0.05, 0) is 59.5 Å². The lowest BCUT2D eigenvalue weighted by molar-refractivity contribution is 0.0128. The van der Waals surface area contributed by atoms with Crippen molar-refractivity contribution in [1.82, 2.24) is 14.5 Å². The molecule has 0 unspecified atom stereocenters. The van der Waals surface area contributed by atoms with E-state index in [4.69, 9.17) is 14.5 Å². The fourth-order valence-corrected chi connectivity index (χ4v) is 6.12. The molecule has 7 nitrogen and oxygen atoms in total. The molecule has 1 N–H and O–H groups in total. The molecule has 0 saturated carbocycles. The van der Waals surface area contributed by atoms with Gasteiger partial charge in [-0.1, -0.05) is 18.2 Å². The molecule has 3 aliphatic heterocycles. The standard InChI is InChI=1S/C30H25F2N5O2/c31-19-5-6-23-24(22-2-1-3-26(32)25(22)16-39-29(23)12-19)10-18-4-7-28-27(11-18)35-30(34-17-33)37(28)20-13-21-15-38-9-8-36(21)14-20/h1-7,10-12,20-21H,8-9,13-16H2,(H,34,35)/t20-,21+/m0/s1. The molecule has 4 aromatic rings. The molecule has 9 heteroatoms. The summed E-state index contributed by atoms with van der Waals surface area (Å²) in [6, 6.07) is 15.8. The summed E-state index contributed by atoms with van der Waals surface area (Å²) in [7, 11) is 0. The largest absolute Gasteiger partial charge is 0.488 e. The van der Waals surface area contributed by atoms with Crippen LogP contribution < -0.4 is 10.1 Å². The summed E-state index contributed by atoms with van der Waals surface area (Å²) in [5, 5.41) is 12.2. The van der Waals surface area contributed by atoms with Crippen molar-refractivity contribution in [2.24, 2.45) is 0 Å². The second-order valence-electron chi connectivity index (χ2n) is 10.2. The highest BCUT2D eigenvalue weighted by atomic mass is 19.1. The molecule has 39 heavy (non-hydrogen) atoms. The number of aromatic nitrogens is 2. The van der Waals surface area contributed by atoms with Crippen LogP contribution in [0.25, 0.3) is 22.7 Å². The Labute approximate surface area is 223 Å². The van der Waals surface area contributed by atoms with Gasteiger partial charge in [-0.25, -0.2) is 13.8 Å². The van der Waals surface area contributed by atoms with Crippen LogP contribution in [-0.2, 0) is 11.3 Å². The van der Waals surface area contributed by atoms with Crippen molar-refractivity contribution < 1.29 is 18.3 Å². The van der Waals surface area contributed by atoms with E-state index in [1.54, 1.807) is 12.1 Å². The molecule has 0 aliphatic carbocycles. The Hall–Kier alpha value is -4.26. The maximum Gasteiger partial charge on any atom is 0.217 e. The minimum atomic E-state index is -0.418. The topological polar surface area (TPSA) is 75.3 Å². The Morgan fingerprint density at radius 3 is 2.87 bits per heavy atom. The van der Waals surface area contributed by atoms with Crippen LogP contribution in [0.15, 0.2) is 54.6 Å². The number of morpholine rings is 1. The van der Waals surface area contributed by atoms with Crippen molar-refractivity contribution in [3.05, 3.63) is 88.5 Å². The number of anilines is 1. The molecule has 0 spiro atoms. The molecule has 3 aliphatic rings. The van der Waals surface area contributed by atoms with E-state index in [9.17, 15) is 14.0 Å². The molecular weight excluding hydrogens is 500 g/mol. The zero-order valence-corrected chi connectivity index (χ0v) is 21.0. The lowest BCUT2D eigenvalue weighted by Gasteiger charge is -2.28. The second kappa shape index (κ2) is 9.49. The van der Waals surface area contributed by atoms with E-state index in [0.29, 0.717) is 34.4 Å². The van der Waals surface area contributed by atoms with Crippen molar-refractivity contribution in [2.75, 3.05) is 31.6 Å². The number of nitriles is 1. The van der Waals surface area contributed by atoms with Gasteiger partial charge in [-0.3, -0.25) is 10.2 Å². The highest BCUT2D eigenvalue weighted by Gasteiger charge is 2.36. The molecule has 0 radical (unpaired) electrons. The minimum absolute atomic E-state index is 0.00682. The molecule has 1 aromatic heterocycles. The number of nitrogens with zero attached hydrogens (tertiary/aromatic N) is 4. The summed E-state index contributed by atoms with van der Waals surface area (Å²) < 4.78 is 42.5. The summed E-state index contributed by atoms with van der Waals surface area (Å²) in [6.07, 6.45) is 4.90. The summed E-state index contributed by atoms with van der Waals surface area (Å²) in [4.78, 5) is 7.21. The van der Waals surface area contributed by atoms with Gasteiger partial charge in [0.05, 0.1) is 30.3 Å². The first-order valence-electron chi connectivity index (χ1n) is 13.0. The van der Waals surface area contributed by atoms with Crippen LogP contribution in [-0.4, -0.2) is 46.8 Å². The third kappa shape index (κ3) is 4.13. The quantitative estimate of drug-likeness (QED) is 0.288. The predicted octanol–water partition coefficient (Wildman–Crippen LogP) is 5.33. The van der Waals surface area contributed by atoms with Crippen molar-refractivity contribution in [2.45, 2.75) is 25.1 Å². The average molecular weight is 526 g/mol. The molecule has 2 fully saturated rings. The monoisotopic (exact) mass is 525 g/mol. The smallest absolute Gasteiger partial charge is 0.217 e. The summed E-state index contributed by atoms with van der Waals surface area (Å²) in [6.45, 7) is 3.25. The molecule has 0 amide bonds. The van der Waals surface area contributed by atoms with Gasteiger partial charge in [-0.15, -0.1) is 0 Å². The van der Waals surface area contributed by atoms with Gasteiger partial charge in [0.1, 0.15) is 24.0 Å². The number of nitrogens with one attached hydrogen (secondary N) is 1. The Morgan fingerprint density at radius 2 is 2.00 bits per heavy atom. The first kappa shape index (κ1) is 23.8. The van der Waals surface area contributed by atoms with Crippen molar-refractivity contribution in [3.8, 4) is 11.9 Å². The number of hydrogen-bond donors (Lipinski definition) is 1. The number of benzene rings is 3. The molecule has 4 heterocycles. The SMILES string of the molecule is N#CNc1nc2cc(C=C3c4ccc(F)cc4OCc4c(F)cccc43)ccc2n1[C@H]1C[C@@H]2COCCN2C1. The summed E-state index contributed by atoms with van der Waals surface area (Å²) in [5.74, 6) is 0.0913. The molecule has 2 atom stereocenters. The fraction of sp³-hybridized carbons (Fsp3) is 0.267. The number of hydrogen-bond acceptors (Lipinski definition) is 6. The predicted molar refractivity (Wildman–Crippen MR) is 143 cm³/mol. The summed E-state index contributed by atoms with van der Waals surface area (Å²) >= 11 is 0. The zero-order chi connectivity index (χ0) is 26.5. The van der Waals surface area contributed by atoms with E-state index in [1.807, 2.05) is 36.5 Å². The van der Waals surface area contributed by atoms with Crippen LogP contribution in [0, 0.1) is 23.1 Å². The number of fused-ring (bicyclic) bond motifs is 4. The molecular formula is C30H25F2N5O2. The van der Waals surface area contributed by atoms with Gasteiger partial charge in [-0.2, -0.15) is 5.26 Å². The normalized spacial score (nSPS) is 21.5. The van der Waals surface area contributed by atoms with E-state index >= 15 is 0 Å². The lowest BCUT2D eigenvalue weighted by Crippen LogP contribution is -2.40. The fourth-order valence-electron chi connectivity index (χ4n) is 6.12. The minimum Gasteiger partial charge on any atom is -0.488 e. The average Bonchev–Trinajstić information content (AvgIpc) is 3.47. The first-order valence-corrected chi connectivity index (χ1v) is 13.0. The van der Waals surface area contributed by atoms with Gasteiger partial charge in [0.15, 0.2) is 6.19 Å². The van der Waals surface area contributed by atoms with Gasteiger partial charge < -0.3 is 14.0 Å². The number of rotatable bonds is 3.